The van der Waals surface area contributed by atoms with Crippen LogP contribution in [0.3, 0.4) is 0 Å². The summed E-state index contributed by atoms with van der Waals surface area (Å²) >= 11 is 0. The number of alkyl halides is 4. The number of nitro benzene ring substituents is 1. The summed E-state index contributed by atoms with van der Waals surface area (Å²) in [6, 6.07) is 0.634. The predicted octanol–water partition coefficient (Wildman–Crippen LogP) is 6.03. The lowest BCUT2D eigenvalue weighted by Crippen LogP contribution is -2.44. The largest absolute Gasteiger partial charge is 0.493 e. The smallest absolute Gasteiger partial charge is 0.424 e. The van der Waals surface area contributed by atoms with E-state index in [0.29, 0.717) is 6.07 Å². The summed E-state index contributed by atoms with van der Waals surface area (Å²) in [5, 5.41) is 11.6. The van der Waals surface area contributed by atoms with Crippen molar-refractivity contribution in [3.63, 3.8) is 0 Å². The van der Waals surface area contributed by atoms with Crippen LogP contribution < -0.4 is 9.64 Å². The fraction of sp³-hybridized carbons (Fsp3) is 0.600. The van der Waals surface area contributed by atoms with Gasteiger partial charge in [-0.3, -0.25) is 14.5 Å². The van der Waals surface area contributed by atoms with Crippen LogP contribution in [0.4, 0.5) is 38.5 Å². The van der Waals surface area contributed by atoms with Gasteiger partial charge in [-0.25, -0.2) is 9.59 Å². The second kappa shape index (κ2) is 10.2. The number of ether oxygens (including phenoxy) is 3. The molecule has 33 heavy (non-hydrogen) atoms. The highest BCUT2D eigenvalue weighted by Crippen LogP contribution is 2.43. The lowest BCUT2D eigenvalue weighted by Gasteiger charge is -2.28. The molecule has 1 rings (SSSR count). The summed E-state index contributed by atoms with van der Waals surface area (Å²) in [5.74, 6) is -0.936. The predicted molar refractivity (Wildman–Crippen MR) is 109 cm³/mol. The highest BCUT2D eigenvalue weighted by molar-refractivity contribution is 6.11. The van der Waals surface area contributed by atoms with E-state index in [0.717, 1.165) is 0 Å². The standard InChI is InChI=1S/C20H26F4N2O7/c1-18(2,3)32-16(27)25(17(28)33-19(4,5)6)13-11-15(31-9-7-8-21)12(20(22,23)24)10-14(13)26(29)30/h10-11H,7-9H2,1-6H3. The zero-order chi connectivity index (χ0) is 25.8. The molecule has 0 aromatic heterocycles. The van der Waals surface area contributed by atoms with Gasteiger partial charge in [-0.2, -0.15) is 18.1 Å². The molecule has 0 aliphatic carbocycles. The number of hydrogen-bond acceptors (Lipinski definition) is 7. The number of nitro groups is 1. The second-order valence-corrected chi connectivity index (χ2v) is 8.78. The maximum Gasteiger partial charge on any atom is 0.424 e. The van der Waals surface area contributed by atoms with Crippen LogP contribution in [0.25, 0.3) is 0 Å². The van der Waals surface area contributed by atoms with Crippen LogP contribution in [0.15, 0.2) is 12.1 Å². The van der Waals surface area contributed by atoms with Gasteiger partial charge in [-0.15, -0.1) is 0 Å². The van der Waals surface area contributed by atoms with E-state index in [4.69, 9.17) is 14.2 Å². The summed E-state index contributed by atoms with van der Waals surface area (Å²) in [4.78, 5) is 36.1. The van der Waals surface area contributed by atoms with E-state index in [1.165, 1.54) is 41.5 Å². The molecule has 0 atom stereocenters. The number of carbonyl (C=O) groups excluding carboxylic acids is 2. The Morgan fingerprint density at radius 2 is 1.48 bits per heavy atom. The van der Waals surface area contributed by atoms with E-state index in [9.17, 15) is 37.3 Å². The van der Waals surface area contributed by atoms with Crippen molar-refractivity contribution in [3.8, 4) is 5.75 Å². The number of benzene rings is 1. The lowest BCUT2D eigenvalue weighted by atomic mass is 10.1. The Labute approximate surface area is 187 Å². The van der Waals surface area contributed by atoms with Crippen molar-refractivity contribution >= 4 is 23.6 Å². The van der Waals surface area contributed by atoms with Gasteiger partial charge in [-0.1, -0.05) is 0 Å². The van der Waals surface area contributed by atoms with Gasteiger partial charge in [0.2, 0.25) is 0 Å². The van der Waals surface area contributed by atoms with E-state index < -0.39 is 70.5 Å². The van der Waals surface area contributed by atoms with Crippen molar-refractivity contribution in [3.05, 3.63) is 27.8 Å². The molecular weight excluding hydrogens is 456 g/mol. The molecule has 186 valence electrons. The minimum Gasteiger partial charge on any atom is -0.493 e. The van der Waals surface area contributed by atoms with Crippen molar-refractivity contribution in [2.75, 3.05) is 18.2 Å². The summed E-state index contributed by atoms with van der Waals surface area (Å²) in [7, 11) is 0. The fourth-order valence-electron chi connectivity index (χ4n) is 2.35. The molecule has 1 aromatic carbocycles. The third kappa shape index (κ3) is 8.39. The van der Waals surface area contributed by atoms with Crippen LogP contribution in [0.5, 0.6) is 5.75 Å². The molecule has 0 radical (unpaired) electrons. The molecule has 9 nitrogen and oxygen atoms in total. The van der Waals surface area contributed by atoms with Crippen molar-refractivity contribution in [1.82, 2.24) is 0 Å². The number of carbonyl (C=O) groups is 2. The van der Waals surface area contributed by atoms with Crippen LogP contribution in [0.2, 0.25) is 0 Å². The lowest BCUT2D eigenvalue weighted by molar-refractivity contribution is -0.384. The quantitative estimate of drug-likeness (QED) is 0.211. The number of imide groups is 1. The van der Waals surface area contributed by atoms with E-state index in [1.54, 1.807) is 0 Å². The Bertz CT molecular complexity index is 862. The van der Waals surface area contributed by atoms with Crippen LogP contribution >= 0.6 is 0 Å². The Morgan fingerprint density at radius 1 is 1.00 bits per heavy atom. The van der Waals surface area contributed by atoms with Crippen LogP contribution in [-0.2, 0) is 15.7 Å². The topological polar surface area (TPSA) is 108 Å². The molecule has 0 saturated carbocycles. The minimum absolute atomic E-state index is 0.122. The molecule has 0 N–H and O–H groups in total. The highest BCUT2D eigenvalue weighted by atomic mass is 19.4. The fourth-order valence-corrected chi connectivity index (χ4v) is 2.35. The van der Waals surface area contributed by atoms with Crippen molar-refractivity contribution in [1.29, 1.82) is 0 Å². The van der Waals surface area contributed by atoms with Crippen molar-refractivity contribution in [2.45, 2.75) is 65.3 Å². The maximum atomic E-state index is 13.5. The molecule has 0 aliphatic heterocycles. The third-order valence-corrected chi connectivity index (χ3v) is 3.51. The van der Waals surface area contributed by atoms with Gasteiger partial charge in [0.1, 0.15) is 28.2 Å². The van der Waals surface area contributed by atoms with Gasteiger partial charge >= 0.3 is 18.4 Å². The average Bonchev–Trinajstić information content (AvgIpc) is 2.57. The SMILES string of the molecule is CC(C)(C)OC(=O)N(C(=O)OC(C)(C)C)c1cc(OCCCF)c(C(F)(F)F)cc1[N+](=O)[O-]. The Morgan fingerprint density at radius 3 is 1.85 bits per heavy atom. The Kier molecular flexibility index (Phi) is 8.64. The summed E-state index contributed by atoms with van der Waals surface area (Å²) < 4.78 is 68.2. The highest BCUT2D eigenvalue weighted by Gasteiger charge is 2.42. The maximum absolute atomic E-state index is 13.5. The van der Waals surface area contributed by atoms with Gasteiger partial charge in [0.15, 0.2) is 0 Å². The first-order valence-corrected chi connectivity index (χ1v) is 9.72. The molecule has 0 fully saturated rings. The zero-order valence-electron chi connectivity index (χ0n) is 19.0. The molecular formula is C20H26F4N2O7. The van der Waals surface area contributed by atoms with Crippen LogP contribution in [0, 0.1) is 10.1 Å². The molecule has 1 aromatic rings. The molecule has 0 unspecified atom stereocenters. The van der Waals surface area contributed by atoms with Crippen molar-refractivity contribution in [2.24, 2.45) is 0 Å². The number of hydrogen-bond donors (Lipinski definition) is 0. The van der Waals surface area contributed by atoms with Gasteiger partial charge in [0.25, 0.3) is 5.69 Å². The number of rotatable bonds is 6. The summed E-state index contributed by atoms with van der Waals surface area (Å²) in [6.07, 6.45) is -8.19. The monoisotopic (exact) mass is 482 g/mol. The number of halogens is 4. The second-order valence-electron chi connectivity index (χ2n) is 8.78. The molecule has 0 bridgehead atoms. The molecule has 13 heteroatoms. The van der Waals surface area contributed by atoms with E-state index in [-0.39, 0.29) is 17.4 Å². The normalized spacial score (nSPS) is 12.2. The number of amides is 2. The molecule has 0 saturated heterocycles. The first kappa shape index (κ1) is 27.9. The van der Waals surface area contributed by atoms with E-state index in [1.807, 2.05) is 0 Å². The summed E-state index contributed by atoms with van der Waals surface area (Å²) in [6.45, 7) is 7.32. The van der Waals surface area contributed by atoms with Gasteiger partial charge < -0.3 is 14.2 Å². The molecule has 2 amide bonds. The van der Waals surface area contributed by atoms with E-state index in [2.05, 4.69) is 0 Å². The van der Waals surface area contributed by atoms with Gasteiger partial charge in [-0.05, 0) is 41.5 Å². The molecule has 0 spiro atoms. The minimum atomic E-state index is -5.09. The first-order chi connectivity index (χ1) is 14.9. The molecule has 0 heterocycles. The number of nitrogens with zero attached hydrogens (tertiary/aromatic N) is 2. The first-order valence-electron chi connectivity index (χ1n) is 9.72. The van der Waals surface area contributed by atoms with Gasteiger partial charge in [0.05, 0.1) is 18.2 Å². The van der Waals surface area contributed by atoms with Crippen LogP contribution in [-0.4, -0.2) is 41.6 Å². The molecule has 0 aliphatic rings. The van der Waals surface area contributed by atoms with Crippen LogP contribution in [0.1, 0.15) is 53.5 Å². The zero-order valence-corrected chi connectivity index (χ0v) is 19.0. The average molecular weight is 482 g/mol. The number of anilines is 1. The summed E-state index contributed by atoms with van der Waals surface area (Å²) in [5.41, 5.74) is -5.97. The van der Waals surface area contributed by atoms with Gasteiger partial charge in [0, 0.05) is 18.6 Å². The Balaban J connectivity index is 3.80. The van der Waals surface area contributed by atoms with E-state index >= 15 is 0 Å². The Hall–Kier alpha value is -3.12. The van der Waals surface area contributed by atoms with Crippen molar-refractivity contribution < 1.29 is 46.3 Å². The third-order valence-electron chi connectivity index (χ3n) is 3.51.